The van der Waals surface area contributed by atoms with Crippen LogP contribution in [0.15, 0.2) is 35.5 Å². The molecule has 1 N–H and O–H groups in total. The number of imidazole rings is 1. The lowest BCUT2D eigenvalue weighted by Gasteiger charge is -2.07. The summed E-state index contributed by atoms with van der Waals surface area (Å²) in [5.41, 5.74) is 2.38. The first kappa shape index (κ1) is 14.1. The number of pyridine rings is 2. The van der Waals surface area contributed by atoms with Crippen molar-refractivity contribution in [3.8, 4) is 11.5 Å². The van der Waals surface area contributed by atoms with E-state index in [4.69, 9.17) is 12.2 Å². The van der Waals surface area contributed by atoms with E-state index in [-0.39, 0.29) is 0 Å². The minimum Gasteiger partial charge on any atom is -0.351 e. The molecule has 0 spiro atoms. The quantitative estimate of drug-likeness (QED) is 0.754. The predicted octanol–water partition coefficient (Wildman–Crippen LogP) is 2.82. The SMILES string of the molecule is CCS(=O)c1cccnc1-c1nc2cc(=S)[nH]cc2n1C. The maximum Gasteiger partial charge on any atom is 0.160 e. The lowest BCUT2D eigenvalue weighted by atomic mass is 10.3. The molecule has 3 aromatic heterocycles. The van der Waals surface area contributed by atoms with Crippen LogP contribution in [-0.2, 0) is 17.8 Å². The van der Waals surface area contributed by atoms with Gasteiger partial charge in [-0.05, 0) is 12.1 Å². The summed E-state index contributed by atoms with van der Waals surface area (Å²) < 4.78 is 14.8. The summed E-state index contributed by atoms with van der Waals surface area (Å²) in [6.07, 6.45) is 3.52. The summed E-state index contributed by atoms with van der Waals surface area (Å²) in [7, 11) is 0.831. The predicted molar refractivity (Wildman–Crippen MR) is 86.1 cm³/mol. The molecule has 0 saturated heterocycles. The van der Waals surface area contributed by atoms with Crippen molar-refractivity contribution >= 4 is 34.1 Å². The number of aryl methyl sites for hydroxylation is 1. The highest BCUT2D eigenvalue weighted by Gasteiger charge is 2.17. The zero-order chi connectivity index (χ0) is 15.0. The summed E-state index contributed by atoms with van der Waals surface area (Å²) >= 11 is 5.13. The number of aromatic nitrogens is 4. The summed E-state index contributed by atoms with van der Waals surface area (Å²) in [6, 6.07) is 5.45. The van der Waals surface area contributed by atoms with Crippen LogP contribution in [0, 0.1) is 4.64 Å². The molecule has 1 atom stereocenters. The Morgan fingerprint density at radius 1 is 1.48 bits per heavy atom. The number of fused-ring (bicyclic) bond motifs is 1. The molecular formula is C14H14N4OS2. The highest BCUT2D eigenvalue weighted by molar-refractivity contribution is 7.85. The molecule has 7 heteroatoms. The second-order valence-electron chi connectivity index (χ2n) is 4.55. The molecule has 0 aliphatic carbocycles. The lowest BCUT2D eigenvalue weighted by Crippen LogP contribution is -2.02. The van der Waals surface area contributed by atoms with Gasteiger partial charge in [0.2, 0.25) is 0 Å². The molecule has 1 unspecified atom stereocenters. The number of aromatic amines is 1. The number of rotatable bonds is 3. The Balaban J connectivity index is 2.28. The molecule has 0 fully saturated rings. The molecule has 0 radical (unpaired) electrons. The smallest absolute Gasteiger partial charge is 0.160 e. The second kappa shape index (κ2) is 5.50. The Morgan fingerprint density at radius 3 is 3.05 bits per heavy atom. The number of nitrogens with one attached hydrogen (secondary N) is 1. The number of H-pyrrole nitrogens is 1. The van der Waals surface area contributed by atoms with Gasteiger partial charge in [0.1, 0.15) is 10.3 Å². The fourth-order valence-electron chi connectivity index (χ4n) is 2.22. The molecule has 0 aliphatic heterocycles. The first-order valence-corrected chi connectivity index (χ1v) is 8.23. The van der Waals surface area contributed by atoms with Crippen molar-refractivity contribution in [1.29, 1.82) is 0 Å². The van der Waals surface area contributed by atoms with E-state index in [1.165, 1.54) is 0 Å². The first-order valence-electron chi connectivity index (χ1n) is 6.50. The molecule has 5 nitrogen and oxygen atoms in total. The zero-order valence-electron chi connectivity index (χ0n) is 11.7. The van der Waals surface area contributed by atoms with Crippen LogP contribution in [-0.4, -0.2) is 29.5 Å². The van der Waals surface area contributed by atoms with Crippen molar-refractivity contribution in [3.63, 3.8) is 0 Å². The molecule has 21 heavy (non-hydrogen) atoms. The van der Waals surface area contributed by atoms with Crippen LogP contribution in [0.4, 0.5) is 0 Å². The van der Waals surface area contributed by atoms with Crippen molar-refractivity contribution in [2.24, 2.45) is 7.05 Å². The van der Waals surface area contributed by atoms with E-state index < -0.39 is 10.8 Å². The fraction of sp³-hybridized carbons (Fsp3) is 0.214. The molecule has 3 aromatic rings. The Labute approximate surface area is 129 Å². The van der Waals surface area contributed by atoms with Gasteiger partial charge in [-0.2, -0.15) is 0 Å². The molecule has 3 rings (SSSR count). The van der Waals surface area contributed by atoms with Gasteiger partial charge < -0.3 is 9.55 Å². The van der Waals surface area contributed by atoms with Crippen molar-refractivity contribution in [2.75, 3.05) is 5.75 Å². The number of nitrogens with zero attached hydrogens (tertiary/aromatic N) is 3. The van der Waals surface area contributed by atoms with E-state index in [0.717, 1.165) is 11.0 Å². The van der Waals surface area contributed by atoms with Crippen LogP contribution in [0.1, 0.15) is 6.92 Å². The molecule has 0 aromatic carbocycles. The Morgan fingerprint density at radius 2 is 2.29 bits per heavy atom. The molecule has 0 aliphatic rings. The van der Waals surface area contributed by atoms with Crippen LogP contribution in [0.25, 0.3) is 22.6 Å². The van der Waals surface area contributed by atoms with Gasteiger partial charge in [-0.15, -0.1) is 0 Å². The van der Waals surface area contributed by atoms with E-state index in [1.54, 1.807) is 12.3 Å². The van der Waals surface area contributed by atoms with Crippen LogP contribution in [0.2, 0.25) is 0 Å². The number of hydrogen-bond acceptors (Lipinski definition) is 4. The average molecular weight is 318 g/mol. The lowest BCUT2D eigenvalue weighted by molar-refractivity contribution is 0.683. The van der Waals surface area contributed by atoms with Gasteiger partial charge in [0.15, 0.2) is 5.82 Å². The van der Waals surface area contributed by atoms with Gasteiger partial charge in [-0.3, -0.25) is 9.19 Å². The van der Waals surface area contributed by atoms with E-state index in [1.807, 2.05) is 36.9 Å². The van der Waals surface area contributed by atoms with Gasteiger partial charge in [0.25, 0.3) is 0 Å². The van der Waals surface area contributed by atoms with Crippen LogP contribution < -0.4 is 0 Å². The summed E-state index contributed by atoms with van der Waals surface area (Å²) in [6.45, 7) is 1.89. The van der Waals surface area contributed by atoms with Crippen LogP contribution >= 0.6 is 12.2 Å². The van der Waals surface area contributed by atoms with E-state index in [0.29, 0.717) is 26.8 Å². The second-order valence-corrected chi connectivity index (χ2v) is 6.69. The van der Waals surface area contributed by atoms with E-state index in [9.17, 15) is 4.21 Å². The van der Waals surface area contributed by atoms with Gasteiger partial charge in [-0.1, -0.05) is 19.1 Å². The third-order valence-corrected chi connectivity index (χ3v) is 4.86. The summed E-state index contributed by atoms with van der Waals surface area (Å²) in [4.78, 5) is 12.7. The maximum absolute atomic E-state index is 12.2. The topological polar surface area (TPSA) is 63.6 Å². The molecule has 108 valence electrons. The Kier molecular flexibility index (Phi) is 3.69. The maximum atomic E-state index is 12.2. The third kappa shape index (κ3) is 2.43. The third-order valence-electron chi connectivity index (χ3n) is 3.28. The van der Waals surface area contributed by atoms with Crippen molar-refractivity contribution in [3.05, 3.63) is 35.2 Å². The minimum absolute atomic E-state index is 0.548. The minimum atomic E-state index is -1.08. The highest BCUT2D eigenvalue weighted by atomic mass is 32.2. The molecule has 0 amide bonds. The number of hydrogen-bond donors (Lipinski definition) is 1. The van der Waals surface area contributed by atoms with Gasteiger partial charge >= 0.3 is 0 Å². The molecular weight excluding hydrogens is 304 g/mol. The van der Waals surface area contributed by atoms with E-state index in [2.05, 4.69) is 15.0 Å². The average Bonchev–Trinajstić information content (AvgIpc) is 2.82. The largest absolute Gasteiger partial charge is 0.351 e. The van der Waals surface area contributed by atoms with Crippen LogP contribution in [0.5, 0.6) is 0 Å². The summed E-state index contributed by atoms with van der Waals surface area (Å²) in [5, 5.41) is 0. The monoisotopic (exact) mass is 318 g/mol. The molecule has 3 heterocycles. The molecule has 0 bridgehead atoms. The van der Waals surface area contributed by atoms with Gasteiger partial charge in [-0.25, -0.2) is 4.98 Å². The Hall–Kier alpha value is -1.86. The normalized spacial score (nSPS) is 12.7. The van der Waals surface area contributed by atoms with Crippen molar-refractivity contribution < 1.29 is 4.21 Å². The molecule has 0 saturated carbocycles. The summed E-state index contributed by atoms with van der Waals surface area (Å²) in [5.74, 6) is 1.24. The van der Waals surface area contributed by atoms with Gasteiger partial charge in [0.05, 0.1) is 26.7 Å². The first-order chi connectivity index (χ1) is 10.1. The van der Waals surface area contributed by atoms with Gasteiger partial charge in [0, 0.05) is 31.3 Å². The zero-order valence-corrected chi connectivity index (χ0v) is 13.3. The highest BCUT2D eigenvalue weighted by Crippen LogP contribution is 2.26. The standard InChI is InChI=1S/C14H14N4OS2/c1-3-21(19)11-5-4-6-15-13(11)14-17-9-7-12(20)16-8-10(9)18(14)2/h4-8H,3H2,1-2H3,(H,16,20). The van der Waals surface area contributed by atoms with Crippen LogP contribution in [0.3, 0.4) is 0 Å². The van der Waals surface area contributed by atoms with Crippen molar-refractivity contribution in [1.82, 2.24) is 19.5 Å². The fourth-order valence-corrected chi connectivity index (χ4v) is 3.30. The van der Waals surface area contributed by atoms with Crippen molar-refractivity contribution in [2.45, 2.75) is 11.8 Å². The Bertz CT molecular complexity index is 897. The van der Waals surface area contributed by atoms with E-state index >= 15 is 0 Å².